The Morgan fingerprint density at radius 2 is 1.06 bits per heavy atom. The van der Waals surface area contributed by atoms with E-state index in [0.29, 0.717) is 5.82 Å². The number of nitrogens with zero attached hydrogens (tertiary/aromatic N) is 4. The summed E-state index contributed by atoms with van der Waals surface area (Å²) >= 11 is 1.77. The Balaban J connectivity index is 1.25. The fraction of sp³-hybridized carbons (Fsp3) is 0. The molecule has 4 nitrogen and oxygen atoms in total. The molecule has 0 fully saturated rings. The van der Waals surface area contributed by atoms with E-state index >= 15 is 0 Å². The SMILES string of the molecule is c1ccc(-c2cccc3c4ccccc4n(-c4nc(-c5ccc6c(c5)c5ccccc5n6-c5ccccc5)nc5c4sc4ccccc45)c23)cc1. The van der Waals surface area contributed by atoms with E-state index in [4.69, 9.17) is 9.97 Å². The largest absolute Gasteiger partial charge is 0.309 e. The first-order valence-corrected chi connectivity index (χ1v) is 18.0. The van der Waals surface area contributed by atoms with E-state index in [9.17, 15) is 0 Å². The lowest BCUT2D eigenvalue weighted by atomic mass is 10.0. The molecule has 0 aliphatic carbocycles. The van der Waals surface area contributed by atoms with Crippen LogP contribution in [-0.2, 0) is 0 Å². The summed E-state index contributed by atoms with van der Waals surface area (Å²) in [5.74, 6) is 1.61. The quantitative estimate of drug-likeness (QED) is 0.187. The van der Waals surface area contributed by atoms with Crippen LogP contribution >= 0.6 is 11.3 Å². The number of benzene rings is 7. The molecule has 0 amide bonds. The Morgan fingerprint density at radius 1 is 0.431 bits per heavy atom. The summed E-state index contributed by atoms with van der Waals surface area (Å²) in [6.07, 6.45) is 0. The van der Waals surface area contributed by atoms with Crippen LogP contribution in [0.4, 0.5) is 0 Å². The van der Waals surface area contributed by atoms with Crippen molar-refractivity contribution in [3.8, 4) is 34.0 Å². The molecule has 0 radical (unpaired) electrons. The van der Waals surface area contributed by atoms with Crippen LogP contribution in [0.1, 0.15) is 0 Å². The molecule has 0 saturated carbocycles. The fourth-order valence-corrected chi connectivity index (χ4v) is 9.04. The second kappa shape index (κ2) is 11.0. The summed E-state index contributed by atoms with van der Waals surface area (Å²) in [6, 6.07) is 60.5. The highest BCUT2D eigenvalue weighted by Gasteiger charge is 2.23. The van der Waals surface area contributed by atoms with E-state index in [-0.39, 0.29) is 0 Å². The molecular weight excluding hydrogens is 641 g/mol. The summed E-state index contributed by atoms with van der Waals surface area (Å²) in [6.45, 7) is 0. The normalized spacial score (nSPS) is 11.9. The van der Waals surface area contributed by atoms with Crippen LogP contribution in [0.25, 0.3) is 97.9 Å². The molecule has 0 N–H and O–H groups in total. The van der Waals surface area contributed by atoms with Gasteiger partial charge in [-0.15, -0.1) is 11.3 Å². The predicted octanol–water partition coefficient (Wildman–Crippen LogP) is 12.4. The molecule has 0 spiro atoms. The second-order valence-electron chi connectivity index (χ2n) is 13.0. The molecule has 11 rings (SSSR count). The zero-order valence-electron chi connectivity index (χ0n) is 27.4. The molecule has 0 bridgehead atoms. The number of rotatable bonds is 4. The third-order valence-electron chi connectivity index (χ3n) is 10.1. The fourth-order valence-electron chi connectivity index (χ4n) is 7.91. The first-order valence-electron chi connectivity index (χ1n) is 17.2. The van der Waals surface area contributed by atoms with Gasteiger partial charge in [0, 0.05) is 48.4 Å². The minimum absolute atomic E-state index is 0.711. The zero-order valence-corrected chi connectivity index (χ0v) is 28.2. The summed E-state index contributed by atoms with van der Waals surface area (Å²) in [5.41, 5.74) is 10.1. The van der Waals surface area contributed by atoms with Crippen molar-refractivity contribution in [2.24, 2.45) is 0 Å². The molecule has 7 aromatic carbocycles. The van der Waals surface area contributed by atoms with Crippen molar-refractivity contribution in [3.05, 3.63) is 170 Å². The van der Waals surface area contributed by atoms with Crippen molar-refractivity contribution in [1.82, 2.24) is 19.1 Å². The van der Waals surface area contributed by atoms with E-state index in [0.717, 1.165) is 49.2 Å². The summed E-state index contributed by atoms with van der Waals surface area (Å²) in [5, 5.41) is 5.94. The van der Waals surface area contributed by atoms with Crippen LogP contribution in [0.2, 0.25) is 0 Å². The highest BCUT2D eigenvalue weighted by molar-refractivity contribution is 7.26. The van der Waals surface area contributed by atoms with Crippen molar-refractivity contribution in [2.45, 2.75) is 0 Å². The molecule has 11 aromatic rings. The van der Waals surface area contributed by atoms with Crippen molar-refractivity contribution in [1.29, 1.82) is 0 Å². The number of fused-ring (bicyclic) bond motifs is 9. The van der Waals surface area contributed by atoms with E-state index in [1.165, 1.54) is 42.9 Å². The smallest absolute Gasteiger partial charge is 0.162 e. The van der Waals surface area contributed by atoms with Gasteiger partial charge in [-0.1, -0.05) is 121 Å². The molecule has 0 aliphatic heterocycles. The van der Waals surface area contributed by atoms with Crippen molar-refractivity contribution in [2.75, 3.05) is 0 Å². The summed E-state index contributed by atoms with van der Waals surface area (Å²) < 4.78 is 7.01. The number of hydrogen-bond donors (Lipinski definition) is 0. The Bertz CT molecular complexity index is 3130. The number of hydrogen-bond acceptors (Lipinski definition) is 3. The Hall–Kier alpha value is -6.56. The lowest BCUT2D eigenvalue weighted by Crippen LogP contribution is -2.02. The number of thiophene rings is 1. The highest BCUT2D eigenvalue weighted by Crippen LogP contribution is 2.43. The van der Waals surface area contributed by atoms with Gasteiger partial charge in [0.1, 0.15) is 0 Å². The molecule has 0 aliphatic rings. The Kier molecular flexibility index (Phi) is 6.09. The van der Waals surface area contributed by atoms with Gasteiger partial charge in [0.25, 0.3) is 0 Å². The average molecular weight is 669 g/mol. The van der Waals surface area contributed by atoms with Crippen LogP contribution in [0.3, 0.4) is 0 Å². The minimum atomic E-state index is 0.711. The maximum atomic E-state index is 5.55. The maximum absolute atomic E-state index is 5.55. The van der Waals surface area contributed by atoms with Crippen LogP contribution in [0, 0.1) is 0 Å². The van der Waals surface area contributed by atoms with Gasteiger partial charge in [0.05, 0.1) is 32.3 Å². The van der Waals surface area contributed by atoms with E-state index < -0.39 is 0 Å². The van der Waals surface area contributed by atoms with E-state index in [2.05, 4.69) is 179 Å². The van der Waals surface area contributed by atoms with Gasteiger partial charge < -0.3 is 4.57 Å². The number of aromatic nitrogens is 4. The van der Waals surface area contributed by atoms with Crippen molar-refractivity contribution >= 4 is 75.3 Å². The topological polar surface area (TPSA) is 35.6 Å². The second-order valence-corrected chi connectivity index (χ2v) is 14.0. The standard InChI is InChI=1S/C46H28N4S/c1-3-14-29(15-4-1)32-21-13-22-35-33-18-7-11-24-39(33)50(43(32)35)46-44-42(36-20-9-12-25-41(36)51-44)47-45(48-46)30-26-27-40-37(28-30)34-19-8-10-23-38(34)49(40)31-16-5-2-6-17-31/h1-28H. The minimum Gasteiger partial charge on any atom is -0.309 e. The van der Waals surface area contributed by atoms with Gasteiger partial charge in [-0.25, -0.2) is 9.97 Å². The van der Waals surface area contributed by atoms with Crippen LogP contribution in [-0.4, -0.2) is 19.1 Å². The van der Waals surface area contributed by atoms with Gasteiger partial charge in [-0.3, -0.25) is 4.57 Å². The van der Waals surface area contributed by atoms with Crippen LogP contribution < -0.4 is 0 Å². The third-order valence-corrected chi connectivity index (χ3v) is 11.3. The lowest BCUT2D eigenvalue weighted by Gasteiger charge is -2.13. The lowest BCUT2D eigenvalue weighted by molar-refractivity contribution is 1.08. The molecule has 238 valence electrons. The molecule has 5 heteroatoms. The van der Waals surface area contributed by atoms with E-state index in [1.54, 1.807) is 11.3 Å². The number of para-hydroxylation sites is 4. The van der Waals surface area contributed by atoms with E-state index in [1.807, 2.05) is 0 Å². The van der Waals surface area contributed by atoms with Gasteiger partial charge in [0.15, 0.2) is 11.6 Å². The Morgan fingerprint density at radius 3 is 1.86 bits per heavy atom. The molecule has 0 saturated heterocycles. The van der Waals surface area contributed by atoms with Crippen LogP contribution in [0.15, 0.2) is 170 Å². The summed E-state index contributed by atoms with van der Waals surface area (Å²) in [4.78, 5) is 10.9. The molecular formula is C46H28N4S. The predicted molar refractivity (Wildman–Crippen MR) is 214 cm³/mol. The van der Waals surface area contributed by atoms with Crippen molar-refractivity contribution < 1.29 is 0 Å². The highest BCUT2D eigenvalue weighted by atomic mass is 32.1. The molecule has 0 unspecified atom stereocenters. The molecule has 51 heavy (non-hydrogen) atoms. The maximum Gasteiger partial charge on any atom is 0.162 e. The zero-order chi connectivity index (χ0) is 33.5. The molecule has 4 heterocycles. The van der Waals surface area contributed by atoms with Gasteiger partial charge in [0.2, 0.25) is 0 Å². The van der Waals surface area contributed by atoms with Gasteiger partial charge >= 0.3 is 0 Å². The van der Waals surface area contributed by atoms with Crippen molar-refractivity contribution in [3.63, 3.8) is 0 Å². The first-order chi connectivity index (χ1) is 25.3. The first kappa shape index (κ1) is 28.3. The Labute approximate surface area is 297 Å². The third kappa shape index (κ3) is 4.19. The van der Waals surface area contributed by atoms with Crippen LogP contribution in [0.5, 0.6) is 0 Å². The monoisotopic (exact) mass is 668 g/mol. The molecule has 0 atom stereocenters. The summed E-state index contributed by atoms with van der Waals surface area (Å²) in [7, 11) is 0. The average Bonchev–Trinajstić information content (AvgIpc) is 3.86. The van der Waals surface area contributed by atoms with Gasteiger partial charge in [-0.05, 0) is 54.1 Å². The van der Waals surface area contributed by atoms with Gasteiger partial charge in [-0.2, -0.15) is 0 Å². The molecule has 4 aromatic heterocycles.